The summed E-state index contributed by atoms with van der Waals surface area (Å²) in [6, 6.07) is 10.5. The molecule has 1 atom stereocenters. The Balaban J connectivity index is 2.44. The summed E-state index contributed by atoms with van der Waals surface area (Å²) >= 11 is 0. The normalized spacial score (nSPS) is 14.2. The predicted molar refractivity (Wildman–Crippen MR) is 70.9 cm³/mol. The Morgan fingerprint density at radius 2 is 1.47 bits per heavy atom. The highest BCUT2D eigenvalue weighted by Gasteiger charge is 2.26. The number of aryl methyl sites for hydroxylation is 1. The summed E-state index contributed by atoms with van der Waals surface area (Å²) in [5.41, 5.74) is 0.531. The highest BCUT2D eigenvalue weighted by molar-refractivity contribution is 5.37. The Morgan fingerprint density at radius 1 is 0.947 bits per heavy atom. The van der Waals surface area contributed by atoms with E-state index in [-0.39, 0.29) is 5.56 Å². The van der Waals surface area contributed by atoms with E-state index in [1.165, 1.54) is 6.92 Å². The first-order valence-electron chi connectivity index (χ1n) is 6.22. The van der Waals surface area contributed by atoms with Gasteiger partial charge in [0.2, 0.25) is 0 Å². The molecule has 3 heteroatoms. The summed E-state index contributed by atoms with van der Waals surface area (Å²) in [6.45, 7) is 3.57. The Hall–Kier alpha value is -1.74. The van der Waals surface area contributed by atoms with Crippen molar-refractivity contribution in [2.75, 3.05) is 0 Å². The SMILES string of the molecule is CCc1ccc(C(C)(O)c2cc(F)cc(F)c2)cc1. The van der Waals surface area contributed by atoms with Crippen LogP contribution in [0.1, 0.15) is 30.5 Å². The van der Waals surface area contributed by atoms with Gasteiger partial charge in [-0.25, -0.2) is 8.78 Å². The maximum atomic E-state index is 13.2. The molecule has 100 valence electrons. The lowest BCUT2D eigenvalue weighted by Crippen LogP contribution is -2.23. The lowest BCUT2D eigenvalue weighted by molar-refractivity contribution is 0.101. The van der Waals surface area contributed by atoms with E-state index in [1.54, 1.807) is 12.1 Å². The van der Waals surface area contributed by atoms with Gasteiger partial charge in [0.1, 0.15) is 17.2 Å². The molecule has 1 nitrogen and oxygen atoms in total. The number of hydrogen-bond donors (Lipinski definition) is 1. The van der Waals surface area contributed by atoms with Crippen LogP contribution in [0.3, 0.4) is 0 Å². The zero-order chi connectivity index (χ0) is 14.0. The third-order valence-electron chi connectivity index (χ3n) is 3.35. The fraction of sp³-hybridized carbons (Fsp3) is 0.250. The molecule has 0 saturated carbocycles. The molecule has 0 radical (unpaired) electrons. The maximum absolute atomic E-state index is 13.2. The Labute approximate surface area is 111 Å². The number of rotatable bonds is 3. The molecule has 0 aromatic heterocycles. The Bertz CT molecular complexity index is 554. The van der Waals surface area contributed by atoms with Gasteiger partial charge in [0, 0.05) is 6.07 Å². The number of hydrogen-bond acceptors (Lipinski definition) is 1. The van der Waals surface area contributed by atoms with Crippen LogP contribution in [0.2, 0.25) is 0 Å². The molecule has 0 spiro atoms. The second kappa shape index (κ2) is 5.10. The standard InChI is InChI=1S/C16H16F2O/c1-3-11-4-6-12(7-5-11)16(2,19)13-8-14(17)10-15(18)9-13/h4-10,19H,3H2,1-2H3. The molecule has 0 fully saturated rings. The molecule has 0 aliphatic heterocycles. The molecule has 0 saturated heterocycles. The Morgan fingerprint density at radius 3 is 1.95 bits per heavy atom. The van der Waals surface area contributed by atoms with Gasteiger partial charge >= 0.3 is 0 Å². The van der Waals surface area contributed by atoms with Crippen LogP contribution in [0.5, 0.6) is 0 Å². The van der Waals surface area contributed by atoms with Crippen molar-refractivity contribution in [2.45, 2.75) is 25.9 Å². The van der Waals surface area contributed by atoms with Crippen molar-refractivity contribution >= 4 is 0 Å². The molecule has 19 heavy (non-hydrogen) atoms. The third-order valence-corrected chi connectivity index (χ3v) is 3.35. The zero-order valence-electron chi connectivity index (χ0n) is 11.0. The second-order valence-electron chi connectivity index (χ2n) is 4.78. The summed E-state index contributed by atoms with van der Waals surface area (Å²) in [7, 11) is 0. The van der Waals surface area contributed by atoms with E-state index in [2.05, 4.69) is 0 Å². The lowest BCUT2D eigenvalue weighted by Gasteiger charge is -2.25. The van der Waals surface area contributed by atoms with Crippen LogP contribution < -0.4 is 0 Å². The molecule has 0 bridgehead atoms. The third kappa shape index (κ3) is 2.82. The topological polar surface area (TPSA) is 20.2 Å². The van der Waals surface area contributed by atoms with Crippen LogP contribution in [0.15, 0.2) is 42.5 Å². The van der Waals surface area contributed by atoms with Gasteiger partial charge in [0.15, 0.2) is 0 Å². The summed E-state index contributed by atoms with van der Waals surface area (Å²) in [5.74, 6) is -1.39. The van der Waals surface area contributed by atoms with E-state index in [4.69, 9.17) is 0 Å². The molecule has 1 unspecified atom stereocenters. The molecule has 2 rings (SSSR count). The minimum absolute atomic E-state index is 0.203. The fourth-order valence-electron chi connectivity index (χ4n) is 2.07. The van der Waals surface area contributed by atoms with Gasteiger partial charge in [-0.15, -0.1) is 0 Å². The van der Waals surface area contributed by atoms with Crippen LogP contribution in [0.4, 0.5) is 8.78 Å². The quantitative estimate of drug-likeness (QED) is 0.892. The number of benzene rings is 2. The van der Waals surface area contributed by atoms with Crippen LogP contribution >= 0.6 is 0 Å². The van der Waals surface area contributed by atoms with E-state index in [0.29, 0.717) is 5.56 Å². The fourth-order valence-corrected chi connectivity index (χ4v) is 2.07. The monoisotopic (exact) mass is 262 g/mol. The molecule has 1 N–H and O–H groups in total. The van der Waals surface area contributed by atoms with Gasteiger partial charge in [0.25, 0.3) is 0 Å². The number of halogens is 2. The average Bonchev–Trinajstić information content (AvgIpc) is 2.37. The highest BCUT2D eigenvalue weighted by atomic mass is 19.1. The molecule has 0 amide bonds. The average molecular weight is 262 g/mol. The van der Waals surface area contributed by atoms with Gasteiger partial charge in [0.05, 0.1) is 0 Å². The van der Waals surface area contributed by atoms with Crippen molar-refractivity contribution in [3.8, 4) is 0 Å². The van der Waals surface area contributed by atoms with Gasteiger partial charge in [-0.05, 0) is 42.2 Å². The Kier molecular flexibility index (Phi) is 3.67. The first-order chi connectivity index (χ1) is 8.93. The van der Waals surface area contributed by atoms with E-state index < -0.39 is 17.2 Å². The van der Waals surface area contributed by atoms with Crippen LogP contribution in [0, 0.1) is 11.6 Å². The van der Waals surface area contributed by atoms with E-state index in [0.717, 1.165) is 30.2 Å². The molecule has 2 aromatic rings. The molecule has 0 aliphatic carbocycles. The van der Waals surface area contributed by atoms with E-state index >= 15 is 0 Å². The molecule has 0 heterocycles. The highest BCUT2D eigenvalue weighted by Crippen LogP contribution is 2.30. The first kappa shape index (κ1) is 13.7. The van der Waals surface area contributed by atoms with Crippen LogP contribution in [0.25, 0.3) is 0 Å². The van der Waals surface area contributed by atoms with Gasteiger partial charge in [-0.3, -0.25) is 0 Å². The lowest BCUT2D eigenvalue weighted by atomic mass is 9.87. The summed E-state index contributed by atoms with van der Waals surface area (Å²) in [5, 5.41) is 10.5. The van der Waals surface area contributed by atoms with Gasteiger partial charge in [-0.1, -0.05) is 31.2 Å². The minimum Gasteiger partial charge on any atom is -0.381 e. The summed E-state index contributed by atoms with van der Waals surface area (Å²) in [6.07, 6.45) is 0.900. The van der Waals surface area contributed by atoms with E-state index in [1.807, 2.05) is 19.1 Å². The van der Waals surface area contributed by atoms with Crippen LogP contribution in [-0.2, 0) is 12.0 Å². The van der Waals surface area contributed by atoms with Crippen molar-refractivity contribution < 1.29 is 13.9 Å². The van der Waals surface area contributed by atoms with Crippen LogP contribution in [-0.4, -0.2) is 5.11 Å². The predicted octanol–water partition coefficient (Wildman–Crippen LogP) is 3.78. The minimum atomic E-state index is -1.42. The first-order valence-corrected chi connectivity index (χ1v) is 6.22. The van der Waals surface area contributed by atoms with Crippen molar-refractivity contribution in [3.63, 3.8) is 0 Å². The van der Waals surface area contributed by atoms with Crippen molar-refractivity contribution in [2.24, 2.45) is 0 Å². The summed E-state index contributed by atoms with van der Waals surface area (Å²) < 4.78 is 26.5. The maximum Gasteiger partial charge on any atom is 0.126 e. The number of aliphatic hydroxyl groups is 1. The van der Waals surface area contributed by atoms with Crippen molar-refractivity contribution in [3.05, 3.63) is 70.8 Å². The smallest absolute Gasteiger partial charge is 0.126 e. The largest absolute Gasteiger partial charge is 0.381 e. The molecule has 0 aliphatic rings. The molecule has 2 aromatic carbocycles. The van der Waals surface area contributed by atoms with E-state index in [9.17, 15) is 13.9 Å². The summed E-state index contributed by atoms with van der Waals surface area (Å²) in [4.78, 5) is 0. The second-order valence-corrected chi connectivity index (χ2v) is 4.78. The molecular formula is C16H16F2O. The van der Waals surface area contributed by atoms with Crippen molar-refractivity contribution in [1.82, 2.24) is 0 Å². The molecular weight excluding hydrogens is 246 g/mol. The van der Waals surface area contributed by atoms with Gasteiger partial charge < -0.3 is 5.11 Å². The van der Waals surface area contributed by atoms with Crippen molar-refractivity contribution in [1.29, 1.82) is 0 Å². The van der Waals surface area contributed by atoms with Gasteiger partial charge in [-0.2, -0.15) is 0 Å². The zero-order valence-corrected chi connectivity index (χ0v) is 11.0.